The highest BCUT2D eigenvalue weighted by Crippen LogP contribution is 2.06. The smallest absolute Gasteiger partial charge is 0.389 e. The summed E-state index contributed by atoms with van der Waals surface area (Å²) in [5.41, 5.74) is 0. The van der Waals surface area contributed by atoms with Crippen LogP contribution in [0, 0.1) is 10.1 Å². The molecular weight excluding hydrogens is 252 g/mol. The maximum Gasteiger partial charge on any atom is 0.389 e. The number of aliphatic hydroxyl groups excluding tert-OH is 1. The minimum absolute atomic E-state index is 0.0580. The molecule has 0 aromatic carbocycles. The van der Waals surface area contributed by atoms with Gasteiger partial charge in [0.25, 0.3) is 0 Å². The summed E-state index contributed by atoms with van der Waals surface area (Å²) >= 11 is 0. The summed E-state index contributed by atoms with van der Waals surface area (Å²) in [6.07, 6.45) is 3.19. The molecule has 19 heavy (non-hydrogen) atoms. The van der Waals surface area contributed by atoms with Gasteiger partial charge < -0.3 is 20.1 Å². The summed E-state index contributed by atoms with van der Waals surface area (Å²) in [4.78, 5) is 23.4. The molecule has 0 fully saturated rings. The first kappa shape index (κ1) is 15.1. The average molecular weight is 270 g/mol. The lowest BCUT2D eigenvalue weighted by atomic mass is 10.3. The van der Waals surface area contributed by atoms with Crippen molar-refractivity contribution in [2.24, 2.45) is 0 Å². The molecule has 1 amide bonds. The van der Waals surface area contributed by atoms with Gasteiger partial charge in [0.2, 0.25) is 5.91 Å². The van der Waals surface area contributed by atoms with Gasteiger partial charge in [0, 0.05) is 13.1 Å². The second kappa shape index (κ2) is 7.47. The van der Waals surface area contributed by atoms with Gasteiger partial charge in [-0.3, -0.25) is 4.79 Å². The number of carbonyl (C=O) groups is 1. The Morgan fingerprint density at radius 2 is 2.32 bits per heavy atom. The van der Waals surface area contributed by atoms with E-state index in [4.69, 9.17) is 5.11 Å². The van der Waals surface area contributed by atoms with Gasteiger partial charge in [0.05, 0.1) is 24.0 Å². The van der Waals surface area contributed by atoms with Crippen molar-refractivity contribution >= 4 is 11.7 Å². The first-order chi connectivity index (χ1) is 9.08. The Kier molecular flexibility index (Phi) is 5.94. The Balaban J connectivity index is 2.61. The number of amides is 1. The molecule has 106 valence electrons. The van der Waals surface area contributed by atoms with E-state index in [1.54, 1.807) is 0 Å². The fraction of sp³-hybridized carbons (Fsp3) is 0.636. The number of hydrogen-bond acceptors (Lipinski definition) is 5. The Labute approximate surface area is 110 Å². The van der Waals surface area contributed by atoms with Crippen molar-refractivity contribution in [2.45, 2.75) is 26.3 Å². The van der Waals surface area contributed by atoms with Gasteiger partial charge in [0.1, 0.15) is 6.54 Å². The standard InChI is InChI=1S/C11H18N4O4/c1-2-3-5-13(7-8-16)11(17)9-14-6-4-10(12-14)15(18)19/h4,6,16H,2-3,5,7-9H2,1H3. The summed E-state index contributed by atoms with van der Waals surface area (Å²) in [5.74, 6) is -0.490. The van der Waals surface area contributed by atoms with Crippen molar-refractivity contribution in [1.29, 1.82) is 0 Å². The van der Waals surface area contributed by atoms with Crippen LogP contribution in [0.1, 0.15) is 19.8 Å². The highest BCUT2D eigenvalue weighted by molar-refractivity contribution is 5.75. The molecule has 0 aliphatic heterocycles. The van der Waals surface area contributed by atoms with E-state index in [-0.39, 0.29) is 31.4 Å². The van der Waals surface area contributed by atoms with Crippen molar-refractivity contribution < 1.29 is 14.8 Å². The number of carbonyl (C=O) groups excluding carboxylic acids is 1. The lowest BCUT2D eigenvalue weighted by Gasteiger charge is -2.20. The first-order valence-electron chi connectivity index (χ1n) is 6.15. The zero-order valence-electron chi connectivity index (χ0n) is 10.9. The minimum atomic E-state index is -0.608. The number of nitrogens with zero attached hydrogens (tertiary/aromatic N) is 4. The van der Waals surface area contributed by atoms with E-state index in [1.807, 2.05) is 6.92 Å². The summed E-state index contributed by atoms with van der Waals surface area (Å²) in [7, 11) is 0. The van der Waals surface area contributed by atoms with Crippen molar-refractivity contribution in [3.63, 3.8) is 0 Å². The molecule has 1 aromatic heterocycles. The summed E-state index contributed by atoms with van der Waals surface area (Å²) in [5, 5.41) is 23.1. The Hall–Kier alpha value is -1.96. The van der Waals surface area contributed by atoms with Crippen LogP contribution in [0.15, 0.2) is 12.3 Å². The van der Waals surface area contributed by atoms with Gasteiger partial charge in [-0.15, -0.1) is 0 Å². The van der Waals surface area contributed by atoms with Crippen LogP contribution in [0.3, 0.4) is 0 Å². The maximum atomic E-state index is 12.0. The first-order valence-corrected chi connectivity index (χ1v) is 6.15. The van der Waals surface area contributed by atoms with Gasteiger partial charge in [0.15, 0.2) is 0 Å². The van der Waals surface area contributed by atoms with E-state index in [0.29, 0.717) is 6.54 Å². The van der Waals surface area contributed by atoms with Gasteiger partial charge in [-0.05, 0) is 11.3 Å². The number of hydrogen-bond donors (Lipinski definition) is 1. The Morgan fingerprint density at radius 1 is 1.58 bits per heavy atom. The van der Waals surface area contributed by atoms with Crippen LogP contribution in [0.4, 0.5) is 5.82 Å². The molecule has 0 aliphatic carbocycles. The molecule has 0 saturated carbocycles. The monoisotopic (exact) mass is 270 g/mol. The maximum absolute atomic E-state index is 12.0. The largest absolute Gasteiger partial charge is 0.395 e. The number of aromatic nitrogens is 2. The molecule has 1 aromatic rings. The normalized spacial score (nSPS) is 10.4. The van der Waals surface area contributed by atoms with Crippen LogP contribution in [0.5, 0.6) is 0 Å². The lowest BCUT2D eigenvalue weighted by Crippen LogP contribution is -2.36. The number of nitro groups is 1. The minimum Gasteiger partial charge on any atom is -0.395 e. The molecule has 8 heteroatoms. The molecule has 0 unspecified atom stereocenters. The number of aliphatic hydroxyl groups is 1. The third-order valence-corrected chi connectivity index (χ3v) is 2.62. The Morgan fingerprint density at radius 3 is 2.84 bits per heavy atom. The van der Waals surface area contributed by atoms with Gasteiger partial charge >= 0.3 is 5.82 Å². The molecular formula is C11H18N4O4. The van der Waals surface area contributed by atoms with Gasteiger partial charge in [-0.2, -0.15) is 4.68 Å². The van der Waals surface area contributed by atoms with Crippen LogP contribution < -0.4 is 0 Å². The highest BCUT2D eigenvalue weighted by Gasteiger charge is 2.17. The van der Waals surface area contributed by atoms with Crippen molar-refractivity contribution in [2.75, 3.05) is 19.7 Å². The van der Waals surface area contributed by atoms with E-state index in [0.717, 1.165) is 12.8 Å². The predicted molar refractivity (Wildman–Crippen MR) is 67.5 cm³/mol. The topological polar surface area (TPSA) is 102 Å². The van der Waals surface area contributed by atoms with E-state index in [9.17, 15) is 14.9 Å². The van der Waals surface area contributed by atoms with Crippen LogP contribution in [-0.2, 0) is 11.3 Å². The molecule has 0 bridgehead atoms. The Bertz CT molecular complexity index is 432. The average Bonchev–Trinajstić information content (AvgIpc) is 2.83. The molecule has 1 heterocycles. The summed E-state index contributed by atoms with van der Waals surface area (Å²) in [6.45, 7) is 2.69. The third-order valence-electron chi connectivity index (χ3n) is 2.62. The molecule has 0 aliphatic rings. The van der Waals surface area contributed by atoms with Crippen LogP contribution in [-0.4, -0.2) is 50.3 Å². The second-order valence-corrected chi connectivity index (χ2v) is 4.09. The number of unbranched alkanes of at least 4 members (excludes halogenated alkanes) is 1. The molecule has 1 N–H and O–H groups in total. The SMILES string of the molecule is CCCCN(CCO)C(=O)Cn1ccc([N+](=O)[O-])n1. The van der Waals surface area contributed by atoms with E-state index < -0.39 is 4.92 Å². The number of rotatable bonds is 8. The van der Waals surface area contributed by atoms with E-state index in [1.165, 1.54) is 21.8 Å². The molecule has 0 atom stereocenters. The lowest BCUT2D eigenvalue weighted by molar-refractivity contribution is -0.389. The molecule has 1 rings (SSSR count). The van der Waals surface area contributed by atoms with Gasteiger partial charge in [-0.25, -0.2) is 0 Å². The van der Waals surface area contributed by atoms with Crippen LogP contribution in [0.2, 0.25) is 0 Å². The summed E-state index contributed by atoms with van der Waals surface area (Å²) < 4.78 is 1.23. The molecule has 0 radical (unpaired) electrons. The zero-order valence-corrected chi connectivity index (χ0v) is 10.9. The molecule has 0 spiro atoms. The van der Waals surface area contributed by atoms with E-state index in [2.05, 4.69) is 5.10 Å². The van der Waals surface area contributed by atoms with E-state index >= 15 is 0 Å². The van der Waals surface area contributed by atoms with Crippen LogP contribution in [0.25, 0.3) is 0 Å². The molecule has 0 saturated heterocycles. The second-order valence-electron chi connectivity index (χ2n) is 4.09. The predicted octanol–water partition coefficient (Wildman–Crippen LogP) is 0.412. The quantitative estimate of drug-likeness (QED) is 0.544. The highest BCUT2D eigenvalue weighted by atomic mass is 16.6. The van der Waals surface area contributed by atoms with Gasteiger partial charge in [-0.1, -0.05) is 13.3 Å². The van der Waals surface area contributed by atoms with Crippen molar-refractivity contribution in [3.05, 3.63) is 22.4 Å². The molecule has 8 nitrogen and oxygen atoms in total. The summed E-state index contributed by atoms with van der Waals surface area (Å²) in [6, 6.07) is 1.25. The fourth-order valence-corrected chi connectivity index (χ4v) is 1.61. The van der Waals surface area contributed by atoms with Crippen LogP contribution >= 0.6 is 0 Å². The third kappa shape index (κ3) is 4.66. The van der Waals surface area contributed by atoms with Crippen molar-refractivity contribution in [1.82, 2.24) is 14.7 Å². The van der Waals surface area contributed by atoms with Crippen molar-refractivity contribution in [3.8, 4) is 0 Å². The zero-order chi connectivity index (χ0) is 14.3. The fourth-order valence-electron chi connectivity index (χ4n) is 1.61.